The van der Waals surface area contributed by atoms with Crippen LogP contribution in [0.3, 0.4) is 0 Å². The number of aromatic nitrogens is 3. The van der Waals surface area contributed by atoms with Crippen LogP contribution in [-0.2, 0) is 6.54 Å². The van der Waals surface area contributed by atoms with Crippen LogP contribution in [-0.4, -0.2) is 26.6 Å². The van der Waals surface area contributed by atoms with Gasteiger partial charge in [-0.25, -0.2) is 13.8 Å². The van der Waals surface area contributed by atoms with Gasteiger partial charge in [-0.15, -0.1) is 11.3 Å². The van der Waals surface area contributed by atoms with E-state index in [0.29, 0.717) is 28.8 Å². The van der Waals surface area contributed by atoms with Crippen molar-refractivity contribution in [2.75, 3.05) is 5.32 Å². The number of carbonyl (C=O) groups is 2. The lowest BCUT2D eigenvalue weighted by Gasteiger charge is -2.10. The number of halogens is 2. The second kappa shape index (κ2) is 7.18. The molecule has 3 N–H and O–H groups in total. The van der Waals surface area contributed by atoms with E-state index in [1.165, 1.54) is 6.07 Å². The molecule has 0 spiro atoms. The van der Waals surface area contributed by atoms with Crippen LogP contribution >= 0.6 is 11.3 Å². The molecule has 0 aromatic carbocycles. The van der Waals surface area contributed by atoms with Crippen LogP contribution in [0.25, 0.3) is 10.2 Å². The first-order valence-electron chi connectivity index (χ1n) is 9.20. The fraction of sp³-hybridized carbons (Fsp3) is 0.368. The number of rotatable bonds is 6. The van der Waals surface area contributed by atoms with E-state index in [2.05, 4.69) is 15.4 Å². The maximum Gasteiger partial charge on any atom is 0.280 e. The van der Waals surface area contributed by atoms with E-state index >= 15 is 0 Å². The molecule has 3 heterocycles. The molecule has 0 bridgehead atoms. The number of fused-ring (bicyclic) bond motifs is 1. The van der Waals surface area contributed by atoms with Crippen molar-refractivity contribution in [3.05, 3.63) is 39.7 Å². The lowest BCUT2D eigenvalue weighted by molar-refractivity contribution is 0.100. The number of nitrogens with two attached hydrogens (primary N) is 1. The van der Waals surface area contributed by atoms with Crippen LogP contribution in [0.15, 0.2) is 12.3 Å². The number of anilines is 1. The van der Waals surface area contributed by atoms with E-state index in [9.17, 15) is 18.4 Å². The van der Waals surface area contributed by atoms with E-state index in [1.807, 2.05) is 6.92 Å². The van der Waals surface area contributed by atoms with Crippen molar-refractivity contribution < 1.29 is 18.4 Å². The topological polar surface area (TPSA) is 103 Å². The zero-order chi connectivity index (χ0) is 20.9. The van der Waals surface area contributed by atoms with Crippen LogP contribution in [0.2, 0.25) is 0 Å². The third-order valence-electron chi connectivity index (χ3n) is 4.93. The quantitative estimate of drug-likeness (QED) is 0.631. The molecule has 0 saturated heterocycles. The molecule has 152 valence electrons. The number of aryl methyl sites for hydroxylation is 2. The van der Waals surface area contributed by atoms with E-state index in [0.717, 1.165) is 24.2 Å². The number of amides is 2. The number of hydrogen-bond acceptors (Lipinski definition) is 5. The van der Waals surface area contributed by atoms with Crippen molar-refractivity contribution in [2.24, 2.45) is 5.73 Å². The summed E-state index contributed by atoms with van der Waals surface area (Å²) < 4.78 is 28.3. The summed E-state index contributed by atoms with van der Waals surface area (Å²) in [5, 5.41) is 7.55. The van der Waals surface area contributed by atoms with Gasteiger partial charge >= 0.3 is 0 Å². The number of primary amides is 1. The van der Waals surface area contributed by atoms with Crippen molar-refractivity contribution in [1.82, 2.24) is 14.8 Å². The normalized spacial score (nSPS) is 14.0. The lowest BCUT2D eigenvalue weighted by Crippen LogP contribution is -2.17. The molecule has 29 heavy (non-hydrogen) atoms. The maximum absolute atomic E-state index is 13.3. The summed E-state index contributed by atoms with van der Waals surface area (Å²) in [7, 11) is 0. The van der Waals surface area contributed by atoms with Crippen molar-refractivity contribution in [3.63, 3.8) is 0 Å². The monoisotopic (exact) mass is 419 g/mol. The van der Waals surface area contributed by atoms with Gasteiger partial charge in [0.05, 0.1) is 16.9 Å². The fourth-order valence-electron chi connectivity index (χ4n) is 3.35. The van der Waals surface area contributed by atoms with Crippen LogP contribution in [0.4, 0.5) is 14.5 Å². The largest absolute Gasteiger partial charge is 0.365 e. The highest BCUT2D eigenvalue weighted by atomic mass is 32.1. The van der Waals surface area contributed by atoms with Gasteiger partial charge in [0.15, 0.2) is 0 Å². The molecule has 0 atom stereocenters. The number of nitrogens with zero attached hydrogens (tertiary/aromatic N) is 3. The summed E-state index contributed by atoms with van der Waals surface area (Å²) in [5.74, 6) is -1.08. The molecule has 1 saturated carbocycles. The highest BCUT2D eigenvalue weighted by Crippen LogP contribution is 2.48. The summed E-state index contributed by atoms with van der Waals surface area (Å²) in [6.07, 6.45) is 0.619. The fourth-order valence-corrected chi connectivity index (χ4v) is 4.37. The Labute approximate surface area is 168 Å². The Bertz CT molecular complexity index is 1130. The smallest absolute Gasteiger partial charge is 0.280 e. The average molecular weight is 419 g/mol. The van der Waals surface area contributed by atoms with Crippen molar-refractivity contribution >= 4 is 39.1 Å². The number of hydrogen-bond donors (Lipinski definition) is 2. The molecule has 1 aliphatic rings. The van der Waals surface area contributed by atoms with Crippen LogP contribution in [0, 0.1) is 6.92 Å². The van der Waals surface area contributed by atoms with Gasteiger partial charge in [-0.1, -0.05) is 0 Å². The standard InChI is InChI=1S/C19H19F2N5O2S/c1-3-26-7-11(8(2)25-26)18(28)24-14-13-10(9-4-5-9)6-12(16(20)21)23-19(13)29-15(14)17(22)27/h6-7,9,16H,3-5H2,1-2H3,(H2,22,27)(H,24,28). The number of alkyl halides is 2. The van der Waals surface area contributed by atoms with Gasteiger partial charge in [0.25, 0.3) is 18.2 Å². The summed E-state index contributed by atoms with van der Waals surface area (Å²) in [5.41, 5.74) is 7.00. The third-order valence-corrected chi connectivity index (χ3v) is 6.03. The number of carbonyl (C=O) groups excluding carboxylic acids is 2. The molecule has 0 unspecified atom stereocenters. The Morgan fingerprint density at radius 3 is 2.69 bits per heavy atom. The van der Waals surface area contributed by atoms with E-state index in [1.54, 1.807) is 17.8 Å². The number of pyridine rings is 1. The Morgan fingerprint density at radius 1 is 1.41 bits per heavy atom. The molecular weight excluding hydrogens is 400 g/mol. The van der Waals surface area contributed by atoms with Gasteiger partial charge in [0.1, 0.15) is 15.4 Å². The second-order valence-corrected chi connectivity index (χ2v) is 8.00. The molecule has 2 amide bonds. The summed E-state index contributed by atoms with van der Waals surface area (Å²) in [6, 6.07) is 1.37. The van der Waals surface area contributed by atoms with Crippen LogP contribution in [0.1, 0.15) is 69.1 Å². The third kappa shape index (κ3) is 3.48. The highest BCUT2D eigenvalue weighted by Gasteiger charge is 2.32. The van der Waals surface area contributed by atoms with Gasteiger partial charge in [0.2, 0.25) is 0 Å². The van der Waals surface area contributed by atoms with Crippen molar-refractivity contribution in [1.29, 1.82) is 0 Å². The first-order chi connectivity index (χ1) is 13.8. The molecular formula is C19H19F2N5O2S. The van der Waals surface area contributed by atoms with Gasteiger partial charge in [-0.3, -0.25) is 14.3 Å². The first-order valence-corrected chi connectivity index (χ1v) is 10.0. The molecule has 10 heteroatoms. The van der Waals surface area contributed by atoms with E-state index in [-0.39, 0.29) is 27.0 Å². The minimum atomic E-state index is -2.73. The molecule has 3 aromatic rings. The van der Waals surface area contributed by atoms with E-state index < -0.39 is 18.2 Å². The van der Waals surface area contributed by atoms with Gasteiger partial charge in [-0.2, -0.15) is 5.10 Å². The highest BCUT2D eigenvalue weighted by molar-refractivity contribution is 7.21. The SMILES string of the molecule is CCn1cc(C(=O)Nc2c(C(N)=O)sc3nc(C(F)F)cc(C4CC4)c23)c(C)n1. The molecule has 0 aliphatic heterocycles. The average Bonchev–Trinajstić information content (AvgIpc) is 3.36. The maximum atomic E-state index is 13.3. The van der Waals surface area contributed by atoms with Crippen molar-refractivity contribution in [2.45, 2.75) is 45.6 Å². The van der Waals surface area contributed by atoms with Crippen LogP contribution in [0.5, 0.6) is 0 Å². The Kier molecular flexibility index (Phi) is 4.81. The molecule has 3 aromatic heterocycles. The minimum absolute atomic E-state index is 0.0923. The van der Waals surface area contributed by atoms with Crippen LogP contribution < -0.4 is 11.1 Å². The molecule has 4 rings (SSSR count). The summed E-state index contributed by atoms with van der Waals surface area (Å²) in [6.45, 7) is 4.22. The lowest BCUT2D eigenvalue weighted by atomic mass is 10.0. The predicted octanol–water partition coefficient (Wildman–Crippen LogP) is 3.99. The van der Waals surface area contributed by atoms with Crippen molar-refractivity contribution in [3.8, 4) is 0 Å². The Hall–Kier alpha value is -2.88. The van der Waals surface area contributed by atoms with Gasteiger partial charge < -0.3 is 11.1 Å². The molecule has 0 radical (unpaired) electrons. The van der Waals surface area contributed by atoms with Gasteiger partial charge in [0, 0.05) is 18.1 Å². The summed E-state index contributed by atoms with van der Waals surface area (Å²) >= 11 is 0.919. The zero-order valence-electron chi connectivity index (χ0n) is 15.8. The number of thiophene rings is 1. The first kappa shape index (κ1) is 19.4. The zero-order valence-corrected chi connectivity index (χ0v) is 16.6. The Morgan fingerprint density at radius 2 is 2.14 bits per heavy atom. The predicted molar refractivity (Wildman–Crippen MR) is 106 cm³/mol. The second-order valence-electron chi connectivity index (χ2n) is 7.00. The molecule has 1 fully saturated rings. The van der Waals surface area contributed by atoms with E-state index in [4.69, 9.17) is 5.73 Å². The minimum Gasteiger partial charge on any atom is -0.365 e. The molecule has 7 nitrogen and oxygen atoms in total. The summed E-state index contributed by atoms with van der Waals surface area (Å²) in [4.78, 5) is 29.3. The van der Waals surface area contributed by atoms with Gasteiger partial charge in [-0.05, 0) is 44.2 Å². The molecule has 1 aliphatic carbocycles. The number of nitrogens with one attached hydrogen (secondary N) is 1. The Balaban J connectivity index is 1.86.